The van der Waals surface area contributed by atoms with Gasteiger partial charge in [-0.2, -0.15) is 0 Å². The molecule has 3 heteroatoms. The Morgan fingerprint density at radius 3 is 2.50 bits per heavy atom. The van der Waals surface area contributed by atoms with Gasteiger partial charge in [0.2, 0.25) is 5.91 Å². The first-order chi connectivity index (χ1) is 6.54. The van der Waals surface area contributed by atoms with Crippen molar-refractivity contribution in [3.05, 3.63) is 52.9 Å². The van der Waals surface area contributed by atoms with Crippen molar-refractivity contribution in [3.8, 4) is 0 Å². The highest BCUT2D eigenvalue weighted by Gasteiger charge is 2.07. The molecule has 0 aliphatic carbocycles. The van der Waals surface area contributed by atoms with Crippen LogP contribution < -0.4 is 5.73 Å². The summed E-state index contributed by atoms with van der Waals surface area (Å²) in [5.74, 6) is 0.473. The molecule has 0 fully saturated rings. The van der Waals surface area contributed by atoms with Gasteiger partial charge in [0.1, 0.15) is 0 Å². The van der Waals surface area contributed by atoms with Crippen molar-refractivity contribution < 1.29 is 4.79 Å². The number of amides is 1. The van der Waals surface area contributed by atoms with Crippen LogP contribution in [0.3, 0.4) is 0 Å². The average Bonchev–Trinajstić information content (AvgIpc) is 2.15. The van der Waals surface area contributed by atoms with Gasteiger partial charge in [0.15, 0.2) is 0 Å². The van der Waals surface area contributed by atoms with E-state index in [2.05, 4.69) is 6.58 Å². The molecule has 0 aliphatic rings. The molecule has 1 radical (unpaired) electrons. The van der Waals surface area contributed by atoms with Crippen LogP contribution in [0, 0.1) is 5.92 Å². The van der Waals surface area contributed by atoms with E-state index in [9.17, 15) is 4.79 Å². The number of benzene rings is 1. The van der Waals surface area contributed by atoms with E-state index in [0.29, 0.717) is 10.6 Å². The van der Waals surface area contributed by atoms with Crippen molar-refractivity contribution in [1.29, 1.82) is 0 Å². The highest BCUT2D eigenvalue weighted by molar-refractivity contribution is 6.31. The summed E-state index contributed by atoms with van der Waals surface area (Å²) in [6.07, 6.45) is 1.70. The Hall–Kier alpha value is -1.28. The number of nitrogens with two attached hydrogens (primary N) is 1. The number of allylic oxidation sites excluding steroid dienone is 1. The highest BCUT2D eigenvalue weighted by Crippen LogP contribution is 2.21. The maximum absolute atomic E-state index is 10.9. The second kappa shape index (κ2) is 4.29. The van der Waals surface area contributed by atoms with Crippen LogP contribution in [-0.4, -0.2) is 5.91 Å². The number of primary amides is 1. The molecule has 1 aromatic carbocycles. The molecule has 0 spiro atoms. The molecule has 2 nitrogen and oxygen atoms in total. The van der Waals surface area contributed by atoms with Gasteiger partial charge in [-0.25, -0.2) is 0 Å². The molecule has 1 amide bonds. The third-order valence-electron chi connectivity index (χ3n) is 1.94. The fraction of sp³-hybridized carbons (Fsp3) is 0.0909. The molecule has 0 unspecified atom stereocenters. The fourth-order valence-electron chi connectivity index (χ4n) is 1.08. The van der Waals surface area contributed by atoms with Gasteiger partial charge in [0, 0.05) is 16.5 Å². The Balaban J connectivity index is 3.19. The molecule has 0 heterocycles. The largest absolute Gasteiger partial charge is 0.366 e. The summed E-state index contributed by atoms with van der Waals surface area (Å²) < 4.78 is 0. The van der Waals surface area contributed by atoms with E-state index in [1.54, 1.807) is 24.3 Å². The normalized spacial score (nSPS) is 10.2. The van der Waals surface area contributed by atoms with E-state index in [1.807, 2.05) is 6.92 Å². The Kier molecular flexibility index (Phi) is 3.31. The van der Waals surface area contributed by atoms with Gasteiger partial charge in [-0.05, 0) is 23.8 Å². The topological polar surface area (TPSA) is 43.1 Å². The zero-order valence-corrected chi connectivity index (χ0v) is 8.64. The van der Waals surface area contributed by atoms with Crippen LogP contribution in [0.1, 0.15) is 22.8 Å². The van der Waals surface area contributed by atoms with Crippen molar-refractivity contribution >= 4 is 17.5 Å². The first kappa shape index (κ1) is 10.8. The van der Waals surface area contributed by atoms with Gasteiger partial charge in [-0.15, -0.1) is 6.58 Å². The predicted molar refractivity (Wildman–Crippen MR) is 58.2 cm³/mol. The molecule has 0 atom stereocenters. The highest BCUT2D eigenvalue weighted by atomic mass is 35.5. The average molecular weight is 209 g/mol. The van der Waals surface area contributed by atoms with Crippen LogP contribution in [0.4, 0.5) is 0 Å². The zero-order chi connectivity index (χ0) is 10.7. The number of carbonyl (C=O) groups excluding carboxylic acids is 1. The lowest BCUT2D eigenvalue weighted by Gasteiger charge is -2.07. The molecule has 0 aromatic heterocycles. The van der Waals surface area contributed by atoms with Crippen LogP contribution >= 0.6 is 11.6 Å². The summed E-state index contributed by atoms with van der Waals surface area (Å²) in [7, 11) is 0. The molecule has 0 aliphatic heterocycles. The molecular formula is C11H11ClNO. The summed E-state index contributed by atoms with van der Waals surface area (Å²) in [6, 6.07) is 5.01. The molecule has 0 bridgehead atoms. The summed E-state index contributed by atoms with van der Waals surface area (Å²) in [5, 5.41) is 0.498. The van der Waals surface area contributed by atoms with Gasteiger partial charge in [0.05, 0.1) is 0 Å². The summed E-state index contributed by atoms with van der Waals surface area (Å²) in [5.41, 5.74) is 6.43. The van der Waals surface area contributed by atoms with Crippen molar-refractivity contribution in [2.75, 3.05) is 0 Å². The van der Waals surface area contributed by atoms with Crippen molar-refractivity contribution in [1.82, 2.24) is 0 Å². The maximum Gasteiger partial charge on any atom is 0.248 e. The number of halogens is 1. The van der Waals surface area contributed by atoms with Gasteiger partial charge in [-0.1, -0.05) is 24.6 Å². The number of hydrogen-bond donors (Lipinski definition) is 1. The van der Waals surface area contributed by atoms with Crippen molar-refractivity contribution in [3.63, 3.8) is 0 Å². The minimum Gasteiger partial charge on any atom is -0.366 e. The Morgan fingerprint density at radius 1 is 1.43 bits per heavy atom. The minimum atomic E-state index is -0.481. The van der Waals surface area contributed by atoms with Crippen LogP contribution in [0.5, 0.6) is 0 Å². The van der Waals surface area contributed by atoms with Gasteiger partial charge >= 0.3 is 0 Å². The summed E-state index contributed by atoms with van der Waals surface area (Å²) in [4.78, 5) is 10.9. The molecule has 1 aromatic rings. The van der Waals surface area contributed by atoms with E-state index in [1.165, 1.54) is 0 Å². The third kappa shape index (κ3) is 2.36. The van der Waals surface area contributed by atoms with Gasteiger partial charge < -0.3 is 5.73 Å². The molecule has 0 saturated heterocycles. The monoisotopic (exact) mass is 208 g/mol. The molecule has 1 rings (SSSR count). The first-order valence-corrected chi connectivity index (χ1v) is 4.49. The van der Waals surface area contributed by atoms with E-state index in [-0.39, 0.29) is 0 Å². The van der Waals surface area contributed by atoms with E-state index in [0.717, 1.165) is 11.5 Å². The molecule has 2 N–H and O–H groups in total. The Bertz CT molecular complexity index is 374. The lowest BCUT2D eigenvalue weighted by Crippen LogP contribution is -2.11. The zero-order valence-electron chi connectivity index (χ0n) is 7.88. The molecular weight excluding hydrogens is 198 g/mol. The molecule has 14 heavy (non-hydrogen) atoms. The SMILES string of the molecule is C=C[C](C)c1cc(Cl)cc(C(N)=O)c1. The standard InChI is InChI=1S/C11H11ClNO/c1-3-7(2)8-4-9(11(13)14)6-10(12)5-8/h3-6H,1H2,2H3,(H2,13,14). The van der Waals surface area contributed by atoms with Crippen LogP contribution in [0.15, 0.2) is 30.9 Å². The van der Waals surface area contributed by atoms with Gasteiger partial charge in [0.25, 0.3) is 0 Å². The lowest BCUT2D eigenvalue weighted by molar-refractivity contribution is 0.1000. The van der Waals surface area contributed by atoms with Crippen LogP contribution in [-0.2, 0) is 0 Å². The fourth-order valence-corrected chi connectivity index (χ4v) is 1.31. The first-order valence-electron chi connectivity index (χ1n) is 4.11. The number of rotatable bonds is 3. The lowest BCUT2D eigenvalue weighted by atomic mass is 9.99. The maximum atomic E-state index is 10.9. The van der Waals surface area contributed by atoms with Crippen molar-refractivity contribution in [2.45, 2.75) is 6.92 Å². The van der Waals surface area contributed by atoms with Crippen molar-refractivity contribution in [2.24, 2.45) is 5.73 Å². The van der Waals surface area contributed by atoms with E-state index in [4.69, 9.17) is 17.3 Å². The third-order valence-corrected chi connectivity index (χ3v) is 2.16. The summed E-state index contributed by atoms with van der Waals surface area (Å²) in [6.45, 7) is 5.54. The van der Waals surface area contributed by atoms with E-state index >= 15 is 0 Å². The predicted octanol–water partition coefficient (Wildman–Crippen LogP) is 2.57. The quantitative estimate of drug-likeness (QED) is 0.815. The van der Waals surface area contributed by atoms with Crippen LogP contribution in [0.25, 0.3) is 0 Å². The second-order valence-corrected chi connectivity index (χ2v) is 3.42. The molecule has 73 valence electrons. The molecule has 0 saturated carbocycles. The Morgan fingerprint density at radius 2 is 2.00 bits per heavy atom. The number of hydrogen-bond acceptors (Lipinski definition) is 1. The van der Waals surface area contributed by atoms with Crippen LogP contribution in [0.2, 0.25) is 5.02 Å². The summed E-state index contributed by atoms with van der Waals surface area (Å²) >= 11 is 5.84. The minimum absolute atomic E-state index is 0.411. The second-order valence-electron chi connectivity index (χ2n) is 2.98. The Labute approximate surface area is 88.4 Å². The van der Waals surface area contributed by atoms with Gasteiger partial charge in [-0.3, -0.25) is 4.79 Å². The number of carbonyl (C=O) groups is 1. The van der Waals surface area contributed by atoms with E-state index < -0.39 is 5.91 Å². The smallest absolute Gasteiger partial charge is 0.248 e.